The second-order valence-corrected chi connectivity index (χ2v) is 3.86. The molecule has 1 aliphatic heterocycles. The third-order valence-electron chi connectivity index (χ3n) is 2.70. The van der Waals surface area contributed by atoms with Crippen molar-refractivity contribution in [3.05, 3.63) is 18.2 Å². The Morgan fingerprint density at radius 2 is 2.33 bits per heavy atom. The monoisotopic (exact) mass is 253 g/mol. The zero-order valence-electron chi connectivity index (χ0n) is 9.43. The number of imide groups is 1. The van der Waals surface area contributed by atoms with Crippen LogP contribution in [0.3, 0.4) is 0 Å². The predicted molar refractivity (Wildman–Crippen MR) is 57.6 cm³/mol. The number of urea groups is 1. The first kappa shape index (κ1) is 11.9. The van der Waals surface area contributed by atoms with Crippen molar-refractivity contribution < 1.29 is 19.5 Å². The number of nitrogens with zero attached hydrogens (tertiary/aromatic N) is 2. The SMILES string of the molecule is Cn1cncc1C1(CNC(=O)O)NC(=O)NC1=O. The van der Waals surface area contributed by atoms with Crippen molar-refractivity contribution in [1.29, 1.82) is 0 Å². The van der Waals surface area contributed by atoms with Gasteiger partial charge in [-0.25, -0.2) is 14.6 Å². The summed E-state index contributed by atoms with van der Waals surface area (Å²) in [5.74, 6) is -0.621. The van der Waals surface area contributed by atoms with Gasteiger partial charge in [-0.05, 0) is 0 Å². The van der Waals surface area contributed by atoms with Crippen molar-refractivity contribution in [2.75, 3.05) is 6.54 Å². The molecule has 96 valence electrons. The molecule has 0 spiro atoms. The molecular weight excluding hydrogens is 242 g/mol. The summed E-state index contributed by atoms with van der Waals surface area (Å²) < 4.78 is 1.54. The van der Waals surface area contributed by atoms with Gasteiger partial charge < -0.3 is 20.3 Å². The number of hydrogen-bond donors (Lipinski definition) is 4. The van der Waals surface area contributed by atoms with Crippen molar-refractivity contribution >= 4 is 18.0 Å². The third kappa shape index (κ3) is 1.75. The summed E-state index contributed by atoms with van der Waals surface area (Å²) in [4.78, 5) is 37.6. The van der Waals surface area contributed by atoms with Crippen molar-refractivity contribution in [3.8, 4) is 0 Å². The van der Waals surface area contributed by atoms with E-state index in [1.54, 1.807) is 7.05 Å². The van der Waals surface area contributed by atoms with Crippen LogP contribution in [0.2, 0.25) is 0 Å². The van der Waals surface area contributed by atoms with E-state index >= 15 is 0 Å². The molecule has 9 heteroatoms. The van der Waals surface area contributed by atoms with E-state index in [0.29, 0.717) is 5.69 Å². The molecule has 2 rings (SSSR count). The number of aryl methyl sites for hydroxylation is 1. The lowest BCUT2D eigenvalue weighted by atomic mass is 9.95. The highest BCUT2D eigenvalue weighted by Gasteiger charge is 2.49. The molecule has 2 heterocycles. The molecule has 0 radical (unpaired) electrons. The quantitative estimate of drug-likeness (QED) is 0.499. The van der Waals surface area contributed by atoms with E-state index < -0.39 is 23.6 Å². The molecule has 1 saturated heterocycles. The molecule has 4 N–H and O–H groups in total. The number of carboxylic acid groups (broad SMARTS) is 1. The van der Waals surface area contributed by atoms with Crippen LogP contribution in [-0.4, -0.2) is 39.2 Å². The molecule has 0 bridgehead atoms. The Morgan fingerprint density at radius 1 is 1.61 bits per heavy atom. The number of imidazole rings is 1. The number of aromatic nitrogens is 2. The summed E-state index contributed by atoms with van der Waals surface area (Å²) in [5.41, 5.74) is -1.08. The Hall–Kier alpha value is -2.58. The zero-order valence-corrected chi connectivity index (χ0v) is 9.43. The number of rotatable bonds is 3. The summed E-state index contributed by atoms with van der Waals surface area (Å²) in [6.07, 6.45) is 1.56. The molecule has 1 unspecified atom stereocenters. The van der Waals surface area contributed by atoms with Crippen LogP contribution in [0.4, 0.5) is 9.59 Å². The molecule has 1 aromatic rings. The summed E-state index contributed by atoms with van der Waals surface area (Å²) in [7, 11) is 1.64. The summed E-state index contributed by atoms with van der Waals surface area (Å²) in [5, 5.41) is 15.2. The van der Waals surface area contributed by atoms with Gasteiger partial charge in [0.25, 0.3) is 5.91 Å². The van der Waals surface area contributed by atoms with Crippen LogP contribution in [0.25, 0.3) is 0 Å². The average molecular weight is 253 g/mol. The molecule has 9 nitrogen and oxygen atoms in total. The summed E-state index contributed by atoms with van der Waals surface area (Å²) >= 11 is 0. The first-order chi connectivity index (χ1) is 8.45. The Labute approximate surface area is 101 Å². The molecule has 1 atom stereocenters. The van der Waals surface area contributed by atoms with Gasteiger partial charge in [-0.1, -0.05) is 0 Å². The van der Waals surface area contributed by atoms with E-state index in [1.165, 1.54) is 17.1 Å². The van der Waals surface area contributed by atoms with Gasteiger partial charge in [0, 0.05) is 7.05 Å². The summed E-state index contributed by atoms with van der Waals surface area (Å²) in [6, 6.07) is -0.673. The van der Waals surface area contributed by atoms with Crippen LogP contribution in [0.15, 0.2) is 12.5 Å². The minimum Gasteiger partial charge on any atom is -0.465 e. The number of nitrogens with one attached hydrogen (secondary N) is 3. The van der Waals surface area contributed by atoms with Gasteiger partial charge in [0.1, 0.15) is 0 Å². The van der Waals surface area contributed by atoms with Gasteiger partial charge in [-0.15, -0.1) is 0 Å². The first-order valence-corrected chi connectivity index (χ1v) is 5.03. The van der Waals surface area contributed by atoms with Crippen LogP contribution in [0, 0.1) is 0 Å². The maximum absolute atomic E-state index is 11.9. The molecular formula is C9H11N5O4. The van der Waals surface area contributed by atoms with Crippen LogP contribution in [0.1, 0.15) is 5.69 Å². The highest BCUT2D eigenvalue weighted by molar-refractivity contribution is 6.07. The second-order valence-electron chi connectivity index (χ2n) is 3.86. The largest absolute Gasteiger partial charge is 0.465 e. The highest BCUT2D eigenvalue weighted by atomic mass is 16.4. The lowest BCUT2D eigenvalue weighted by Crippen LogP contribution is -2.53. The van der Waals surface area contributed by atoms with Gasteiger partial charge in [0.2, 0.25) is 0 Å². The lowest BCUT2D eigenvalue weighted by Gasteiger charge is -2.25. The molecule has 0 aliphatic carbocycles. The smallest absolute Gasteiger partial charge is 0.404 e. The fraction of sp³-hybridized carbons (Fsp3) is 0.333. The van der Waals surface area contributed by atoms with Crippen LogP contribution < -0.4 is 16.0 Å². The number of hydrogen-bond acceptors (Lipinski definition) is 4. The first-order valence-electron chi connectivity index (χ1n) is 5.03. The Morgan fingerprint density at radius 3 is 2.78 bits per heavy atom. The molecule has 18 heavy (non-hydrogen) atoms. The standard InChI is InChI=1S/C9H11N5O4/c1-14-4-10-2-5(14)9(3-11-8(17)18)6(15)12-7(16)13-9/h2,4,11H,3H2,1H3,(H,17,18)(H2,12,13,15,16). The number of carbonyl (C=O) groups excluding carboxylic acids is 2. The topological polar surface area (TPSA) is 125 Å². The van der Waals surface area contributed by atoms with E-state index in [1.807, 2.05) is 0 Å². The van der Waals surface area contributed by atoms with Crippen LogP contribution in [-0.2, 0) is 17.4 Å². The molecule has 0 saturated carbocycles. The fourth-order valence-electron chi connectivity index (χ4n) is 1.86. The molecule has 0 aromatic carbocycles. The second kappa shape index (κ2) is 4.02. The maximum Gasteiger partial charge on any atom is 0.404 e. The molecule has 1 aliphatic rings. The predicted octanol–water partition coefficient (Wildman–Crippen LogP) is -1.28. The van der Waals surface area contributed by atoms with Crippen LogP contribution in [0.5, 0.6) is 0 Å². The van der Waals surface area contributed by atoms with E-state index in [9.17, 15) is 14.4 Å². The molecule has 1 aromatic heterocycles. The highest BCUT2D eigenvalue weighted by Crippen LogP contribution is 2.23. The van der Waals surface area contributed by atoms with E-state index in [-0.39, 0.29) is 6.54 Å². The summed E-state index contributed by atoms with van der Waals surface area (Å²) in [6.45, 7) is -0.278. The number of amides is 4. The Bertz CT molecular complexity index is 525. The average Bonchev–Trinajstić information content (AvgIpc) is 2.81. The van der Waals surface area contributed by atoms with Gasteiger partial charge in [-0.2, -0.15) is 0 Å². The third-order valence-corrected chi connectivity index (χ3v) is 2.70. The Kier molecular flexibility index (Phi) is 2.66. The van der Waals surface area contributed by atoms with Crippen molar-refractivity contribution in [2.45, 2.75) is 5.54 Å². The fourth-order valence-corrected chi connectivity index (χ4v) is 1.86. The Balaban J connectivity index is 2.40. The van der Waals surface area contributed by atoms with Crippen molar-refractivity contribution in [1.82, 2.24) is 25.5 Å². The van der Waals surface area contributed by atoms with Crippen LogP contribution >= 0.6 is 0 Å². The van der Waals surface area contributed by atoms with Gasteiger partial charge in [-0.3, -0.25) is 10.1 Å². The van der Waals surface area contributed by atoms with Crippen molar-refractivity contribution in [2.24, 2.45) is 7.05 Å². The van der Waals surface area contributed by atoms with E-state index in [4.69, 9.17) is 5.11 Å². The zero-order chi connectivity index (χ0) is 13.3. The van der Waals surface area contributed by atoms with Gasteiger partial charge in [0.15, 0.2) is 5.54 Å². The number of carbonyl (C=O) groups is 3. The molecule has 4 amide bonds. The lowest BCUT2D eigenvalue weighted by molar-refractivity contribution is -0.124. The molecule has 1 fully saturated rings. The minimum atomic E-state index is -1.47. The van der Waals surface area contributed by atoms with Crippen molar-refractivity contribution in [3.63, 3.8) is 0 Å². The van der Waals surface area contributed by atoms with E-state index in [0.717, 1.165) is 0 Å². The van der Waals surface area contributed by atoms with E-state index in [2.05, 4.69) is 20.9 Å². The normalized spacial score (nSPS) is 22.5. The van der Waals surface area contributed by atoms with Gasteiger partial charge in [0.05, 0.1) is 24.8 Å². The maximum atomic E-state index is 11.9. The van der Waals surface area contributed by atoms with Gasteiger partial charge >= 0.3 is 12.1 Å². The minimum absolute atomic E-state index is 0.278.